The number of hydrogen-bond acceptors (Lipinski definition) is 4. The zero-order valence-electron chi connectivity index (χ0n) is 72.6. The second-order valence-electron chi connectivity index (χ2n) is 32.8. The van der Waals surface area contributed by atoms with Crippen LogP contribution in [-0.4, -0.2) is 20.4 Å². The molecule has 0 spiro atoms. The Morgan fingerprint density at radius 1 is 0.304 bits per heavy atom. The Hall–Kier alpha value is -13.7. The van der Waals surface area contributed by atoms with Crippen molar-refractivity contribution in [1.82, 2.24) is 13.7 Å². The highest BCUT2D eigenvalue weighted by atomic mass is 15.2. The van der Waals surface area contributed by atoms with Crippen molar-refractivity contribution >= 4 is 123 Å². The molecular formula is C104H80BN7. The van der Waals surface area contributed by atoms with Gasteiger partial charge in [-0.2, -0.15) is 10.5 Å². The summed E-state index contributed by atoms with van der Waals surface area (Å²) in [6.45, 7) is 18.5. The summed E-state index contributed by atoms with van der Waals surface area (Å²) in [4.78, 5) is 4.46. The summed E-state index contributed by atoms with van der Waals surface area (Å²) in [6.07, 6.45) is 0. The molecule has 0 saturated carbocycles. The maximum Gasteiger partial charge on any atom is 0.252 e. The van der Waals surface area contributed by atoms with Crippen molar-refractivity contribution in [3.05, 3.63) is 349 Å². The number of benzene rings is 15. The molecule has 2 aliphatic heterocycles. The van der Waals surface area contributed by atoms with Crippen molar-refractivity contribution in [2.24, 2.45) is 0 Å². The molecule has 534 valence electrons. The Kier molecular flexibility index (Phi) is 13.3. The molecule has 112 heavy (non-hydrogen) atoms. The van der Waals surface area contributed by atoms with E-state index in [0.29, 0.717) is 45.3 Å². The molecule has 0 amide bonds. The van der Waals surface area contributed by atoms with Crippen LogP contribution in [0.1, 0.15) is 102 Å². The van der Waals surface area contributed by atoms with Crippen molar-refractivity contribution < 1.29 is 12.3 Å². The second kappa shape index (κ2) is 25.5. The van der Waals surface area contributed by atoms with E-state index in [0.717, 1.165) is 121 Å². The number of rotatable bonds is 9. The van der Waals surface area contributed by atoms with Gasteiger partial charge < -0.3 is 23.5 Å². The number of aromatic nitrogens is 3. The molecule has 8 heteroatoms. The maximum atomic E-state index is 12.1. The minimum absolute atomic E-state index is 0.00455. The fourth-order valence-corrected chi connectivity index (χ4v) is 17.6. The van der Waals surface area contributed by atoms with Crippen molar-refractivity contribution in [2.45, 2.75) is 78.6 Å². The van der Waals surface area contributed by atoms with E-state index in [2.05, 4.69) is 206 Å². The van der Waals surface area contributed by atoms with Crippen LogP contribution in [0.4, 0.5) is 34.1 Å². The third kappa shape index (κ3) is 10.7. The van der Waals surface area contributed by atoms with E-state index in [4.69, 9.17) is 1.37 Å². The lowest BCUT2D eigenvalue weighted by atomic mass is 9.33. The van der Waals surface area contributed by atoms with E-state index in [1.165, 1.54) is 11.1 Å². The summed E-state index contributed by atoms with van der Waals surface area (Å²) < 4.78 is 94.6. The first-order chi connectivity index (χ1) is 58.1. The summed E-state index contributed by atoms with van der Waals surface area (Å²) in [5, 5.41) is 29.7. The van der Waals surface area contributed by atoms with Crippen molar-refractivity contribution in [1.29, 1.82) is 10.5 Å². The summed E-state index contributed by atoms with van der Waals surface area (Å²) in [6, 6.07) is 93.2. The third-order valence-electron chi connectivity index (χ3n) is 23.0. The quantitative estimate of drug-likeness (QED) is 0.135. The van der Waals surface area contributed by atoms with Crippen LogP contribution >= 0.6 is 0 Å². The molecule has 7 nitrogen and oxygen atoms in total. The molecule has 0 fully saturated rings. The monoisotopic (exact) mass is 1450 g/mol. The lowest BCUT2D eigenvalue weighted by molar-refractivity contribution is 0.590. The zero-order chi connectivity index (χ0) is 84.0. The molecule has 0 radical (unpaired) electrons. The fourth-order valence-electron chi connectivity index (χ4n) is 17.6. The lowest BCUT2D eigenvalue weighted by Crippen LogP contribution is -2.61. The fraction of sp³-hybridized carbons (Fsp3) is 0.115. The second-order valence-corrected chi connectivity index (χ2v) is 32.8. The molecule has 18 aromatic rings. The third-order valence-corrected chi connectivity index (χ3v) is 23.0. The predicted octanol–water partition coefficient (Wildman–Crippen LogP) is 25.4. The predicted molar refractivity (Wildman–Crippen MR) is 471 cm³/mol. The van der Waals surface area contributed by atoms with Gasteiger partial charge in [-0.3, -0.25) is 0 Å². The summed E-state index contributed by atoms with van der Waals surface area (Å²) in [5.74, 6) is 0. The van der Waals surface area contributed by atoms with Gasteiger partial charge in [0.15, 0.2) is 0 Å². The Bertz CT molecular complexity index is 7440. The highest BCUT2D eigenvalue weighted by Gasteiger charge is 2.45. The average molecular weight is 1450 g/mol. The van der Waals surface area contributed by atoms with Gasteiger partial charge in [0.25, 0.3) is 6.71 Å². The van der Waals surface area contributed by atoms with Crippen LogP contribution in [-0.2, 0) is 16.2 Å². The highest BCUT2D eigenvalue weighted by molar-refractivity contribution is 7.00. The minimum atomic E-state index is -0.936. The first kappa shape index (κ1) is 58.4. The van der Waals surface area contributed by atoms with Crippen LogP contribution in [0, 0.1) is 22.7 Å². The number of nitrogens with zero attached hydrogens (tertiary/aromatic N) is 7. The summed E-state index contributed by atoms with van der Waals surface area (Å²) >= 11 is 0. The Balaban J connectivity index is 0.982. The minimum Gasteiger partial charge on any atom is -0.311 e. The Labute approximate surface area is 666 Å². The van der Waals surface area contributed by atoms with Crippen LogP contribution in [0.25, 0.3) is 127 Å². The lowest BCUT2D eigenvalue weighted by Gasteiger charge is -2.45. The number of hydrogen-bond donors (Lipinski definition) is 0. The van der Waals surface area contributed by atoms with Gasteiger partial charge in [-0.05, 0) is 204 Å². The smallest absolute Gasteiger partial charge is 0.252 e. The standard InChI is InChI=1S/C104H80BN7/c1-102(2,3)74-33-25-32-70(55-74)99-93(51-44-72(64-107)101(99)112-89-40-22-18-36-81(89)82-37-19-23-41-90(82)112)111-95-56-69(66-28-14-11-15-29-66)43-49-85(95)105-86-50-48-78(108-91-52-45-75(103(4,5)6)59-83(91)84-60-76(104(7,8)9)46-53-92(84)108)62-96(86)109(97-57-73(58-98(111)100(97)105)68-31-24-30-67(54-68)65-26-12-10-13-27-65)77-47-42-71(63-106)94(61-77)110-87-38-20-16-34-79(87)80-35-17-21-39-88(80)110/h10-62H,1-9H3/i11D,14D,15D,25D,28D,29D,32D,33D,55D. The van der Waals surface area contributed by atoms with Crippen LogP contribution in [0.3, 0.4) is 0 Å². The molecule has 5 heterocycles. The summed E-state index contributed by atoms with van der Waals surface area (Å²) in [5.41, 5.74) is 19.3. The van der Waals surface area contributed by atoms with Gasteiger partial charge >= 0.3 is 0 Å². The van der Waals surface area contributed by atoms with Gasteiger partial charge in [-0.1, -0.05) is 268 Å². The van der Waals surface area contributed by atoms with E-state index in [9.17, 15) is 21.5 Å². The van der Waals surface area contributed by atoms with E-state index in [1.54, 1.807) is 6.07 Å². The van der Waals surface area contributed by atoms with Gasteiger partial charge in [0.2, 0.25) is 0 Å². The molecule has 0 saturated heterocycles. The number of fused-ring (bicyclic) bond motifs is 13. The molecule has 0 N–H and O–H groups in total. The molecule has 15 aromatic carbocycles. The molecular weight excluding hydrogens is 1360 g/mol. The highest BCUT2D eigenvalue weighted by Crippen LogP contribution is 2.53. The van der Waals surface area contributed by atoms with Crippen LogP contribution in [0.2, 0.25) is 0 Å². The van der Waals surface area contributed by atoms with E-state index in [1.807, 2.05) is 153 Å². The van der Waals surface area contributed by atoms with Crippen LogP contribution in [0.5, 0.6) is 0 Å². The number of para-hydroxylation sites is 4. The summed E-state index contributed by atoms with van der Waals surface area (Å²) in [7, 11) is 0. The van der Waals surface area contributed by atoms with Crippen LogP contribution in [0.15, 0.2) is 321 Å². The SMILES string of the molecule is [2H]c1c([2H])c([2H])c(-c2ccc3c(c2)N(c2ccc(C#N)c(-n4c5ccccc5c5ccccc54)c2-c2c([2H])c([2H])c([2H])c(C(C)(C)C)c2[2H])c2cc(-c4cccc(-c5ccccc5)c4)cc4c2B3c2ccc(-n3c5ccc(C(C)(C)C)cc5c5cc(C(C)(C)C)ccc53)cc2N4c2ccc(C#N)c(-n3c4ccccc4c4ccccc43)c2)c([2H])c1[2H]. The van der Waals surface area contributed by atoms with Crippen molar-refractivity contribution in [2.75, 3.05) is 9.80 Å². The van der Waals surface area contributed by atoms with Gasteiger partial charge in [0, 0.05) is 72.0 Å². The van der Waals surface area contributed by atoms with Gasteiger partial charge in [0.05, 0.1) is 73.6 Å². The van der Waals surface area contributed by atoms with Gasteiger partial charge in [0.1, 0.15) is 12.1 Å². The molecule has 2 aliphatic rings. The van der Waals surface area contributed by atoms with Crippen molar-refractivity contribution in [3.8, 4) is 73.7 Å². The average Bonchev–Trinajstić information content (AvgIpc) is 0.747. The molecule has 0 unspecified atom stereocenters. The van der Waals surface area contributed by atoms with Gasteiger partial charge in [-0.25, -0.2) is 0 Å². The maximum absolute atomic E-state index is 12.1. The Morgan fingerprint density at radius 3 is 1.37 bits per heavy atom. The molecule has 0 bridgehead atoms. The molecule has 0 atom stereocenters. The zero-order valence-corrected chi connectivity index (χ0v) is 63.6. The molecule has 3 aromatic heterocycles. The molecule has 20 rings (SSSR count). The number of nitriles is 2. The van der Waals surface area contributed by atoms with E-state index in [-0.39, 0.29) is 50.7 Å². The largest absolute Gasteiger partial charge is 0.311 e. The molecule has 0 aliphatic carbocycles. The first-order valence-electron chi connectivity index (χ1n) is 42.7. The normalized spacial score (nSPS) is 13.9. The van der Waals surface area contributed by atoms with Crippen molar-refractivity contribution in [3.63, 3.8) is 0 Å². The van der Waals surface area contributed by atoms with E-state index >= 15 is 0 Å². The van der Waals surface area contributed by atoms with Crippen LogP contribution < -0.4 is 26.2 Å². The van der Waals surface area contributed by atoms with E-state index < -0.39 is 54.4 Å². The first-order valence-corrected chi connectivity index (χ1v) is 38.2. The topological polar surface area (TPSA) is 68.8 Å². The Morgan fingerprint density at radius 2 is 0.777 bits per heavy atom. The number of anilines is 6. The van der Waals surface area contributed by atoms with Gasteiger partial charge in [-0.15, -0.1) is 0 Å².